The Balaban J connectivity index is 2.41. The molecular formula is C11H12ClN5O4. The van der Waals surface area contributed by atoms with E-state index in [2.05, 4.69) is 10.2 Å². The van der Waals surface area contributed by atoms with E-state index >= 15 is 0 Å². The Bertz CT molecular complexity index is 689. The van der Waals surface area contributed by atoms with E-state index in [1.807, 2.05) is 6.92 Å². The maximum Gasteiger partial charge on any atom is 0.363 e. The van der Waals surface area contributed by atoms with Gasteiger partial charge in [0.15, 0.2) is 0 Å². The summed E-state index contributed by atoms with van der Waals surface area (Å²) in [5.74, 6) is -1.45. The Labute approximate surface area is 123 Å². The number of aromatic nitrogens is 4. The third kappa shape index (κ3) is 2.72. The molecule has 0 aromatic carbocycles. The number of aryl methyl sites for hydroxylation is 2. The van der Waals surface area contributed by atoms with Crippen LogP contribution in [0.15, 0.2) is 6.20 Å². The van der Waals surface area contributed by atoms with Crippen LogP contribution in [0.4, 0.5) is 5.69 Å². The number of hydrogen-bond donors (Lipinski definition) is 1. The van der Waals surface area contributed by atoms with Crippen LogP contribution in [0.5, 0.6) is 0 Å². The molecule has 0 spiro atoms. The summed E-state index contributed by atoms with van der Waals surface area (Å²) in [5, 5.41) is 28.1. The van der Waals surface area contributed by atoms with E-state index in [4.69, 9.17) is 16.7 Å². The third-order valence-corrected chi connectivity index (χ3v) is 3.39. The lowest BCUT2D eigenvalue weighted by Gasteiger charge is -2.02. The van der Waals surface area contributed by atoms with Gasteiger partial charge in [-0.25, -0.2) is 4.79 Å². The van der Waals surface area contributed by atoms with Crippen molar-refractivity contribution in [3.8, 4) is 0 Å². The summed E-state index contributed by atoms with van der Waals surface area (Å²) in [6, 6.07) is 0. The van der Waals surface area contributed by atoms with Gasteiger partial charge in [-0.3, -0.25) is 19.5 Å². The van der Waals surface area contributed by atoms with E-state index < -0.39 is 22.3 Å². The number of nitrogens with zero attached hydrogens (tertiary/aromatic N) is 5. The first-order chi connectivity index (χ1) is 9.85. The Hall–Kier alpha value is -2.42. The van der Waals surface area contributed by atoms with Gasteiger partial charge >= 0.3 is 11.7 Å². The smallest absolute Gasteiger partial charge is 0.363 e. The SMILES string of the molecule is CCc1nn(C)c(Cn2cc([N+](=O)[O-])c(C(=O)O)n2)c1Cl. The fraction of sp³-hybridized carbons (Fsp3) is 0.364. The first-order valence-electron chi connectivity index (χ1n) is 6.00. The predicted octanol–water partition coefficient (Wildman–Crippen LogP) is 1.49. The molecule has 2 rings (SSSR count). The standard InChI is InChI=1S/C11H12ClN5O4/c1-3-6-9(12)7(15(2)13-6)4-16-5-8(17(20)21)10(14-16)11(18)19/h5H,3-4H2,1-2H3,(H,18,19). The molecule has 9 nitrogen and oxygen atoms in total. The fourth-order valence-electron chi connectivity index (χ4n) is 1.92. The summed E-state index contributed by atoms with van der Waals surface area (Å²) in [4.78, 5) is 21.0. The van der Waals surface area contributed by atoms with Gasteiger partial charge in [-0.05, 0) is 6.42 Å². The molecule has 10 heteroatoms. The number of rotatable bonds is 5. The van der Waals surface area contributed by atoms with E-state index in [1.54, 1.807) is 11.7 Å². The molecule has 0 unspecified atom stereocenters. The molecule has 0 aliphatic carbocycles. The monoisotopic (exact) mass is 313 g/mol. The van der Waals surface area contributed by atoms with Gasteiger partial charge in [-0.2, -0.15) is 10.2 Å². The molecule has 0 bridgehead atoms. The quantitative estimate of drug-likeness (QED) is 0.660. The highest BCUT2D eigenvalue weighted by molar-refractivity contribution is 6.31. The average molecular weight is 314 g/mol. The average Bonchev–Trinajstić information content (AvgIpc) is 2.95. The lowest BCUT2D eigenvalue weighted by molar-refractivity contribution is -0.385. The number of carboxylic acid groups (broad SMARTS) is 1. The lowest BCUT2D eigenvalue weighted by Crippen LogP contribution is -2.08. The van der Waals surface area contributed by atoms with Crippen LogP contribution in [0, 0.1) is 10.1 Å². The van der Waals surface area contributed by atoms with Gasteiger partial charge in [0, 0.05) is 7.05 Å². The maximum atomic E-state index is 11.0. The van der Waals surface area contributed by atoms with Crippen LogP contribution in [-0.2, 0) is 20.0 Å². The first-order valence-corrected chi connectivity index (χ1v) is 6.38. The van der Waals surface area contributed by atoms with Crippen LogP contribution in [0.3, 0.4) is 0 Å². The molecule has 2 aromatic heterocycles. The highest BCUT2D eigenvalue weighted by Gasteiger charge is 2.26. The Morgan fingerprint density at radius 3 is 2.62 bits per heavy atom. The molecule has 0 atom stereocenters. The molecular weight excluding hydrogens is 302 g/mol. The van der Waals surface area contributed by atoms with Crippen molar-refractivity contribution in [1.82, 2.24) is 19.6 Å². The third-order valence-electron chi connectivity index (χ3n) is 2.96. The molecule has 0 aliphatic heterocycles. The maximum absolute atomic E-state index is 11.0. The van der Waals surface area contributed by atoms with E-state index in [0.29, 0.717) is 22.8 Å². The highest BCUT2D eigenvalue weighted by atomic mass is 35.5. The van der Waals surface area contributed by atoms with E-state index in [-0.39, 0.29) is 6.54 Å². The number of halogens is 1. The minimum absolute atomic E-state index is 0.0937. The van der Waals surface area contributed by atoms with Gasteiger partial charge in [0.2, 0.25) is 5.69 Å². The van der Waals surface area contributed by atoms with E-state index in [9.17, 15) is 14.9 Å². The minimum Gasteiger partial charge on any atom is -0.476 e. The van der Waals surface area contributed by atoms with Crippen LogP contribution in [0.2, 0.25) is 5.02 Å². The molecule has 112 valence electrons. The predicted molar refractivity (Wildman–Crippen MR) is 72.5 cm³/mol. The van der Waals surface area contributed by atoms with Crippen molar-refractivity contribution < 1.29 is 14.8 Å². The molecule has 0 aliphatic rings. The summed E-state index contributed by atoms with van der Waals surface area (Å²) in [6.45, 7) is 2.00. The first kappa shape index (κ1) is 15.0. The summed E-state index contributed by atoms with van der Waals surface area (Å²) in [5.41, 5.74) is 0.141. The van der Waals surface area contributed by atoms with Crippen molar-refractivity contribution >= 4 is 23.3 Å². The molecule has 0 saturated heterocycles. The summed E-state index contributed by atoms with van der Waals surface area (Å²) < 4.78 is 2.72. The molecule has 0 fully saturated rings. The second kappa shape index (κ2) is 5.52. The number of nitro groups is 1. The van der Waals surface area contributed by atoms with Gasteiger partial charge in [-0.1, -0.05) is 18.5 Å². The molecule has 21 heavy (non-hydrogen) atoms. The number of hydrogen-bond acceptors (Lipinski definition) is 5. The Morgan fingerprint density at radius 1 is 1.52 bits per heavy atom. The normalized spacial score (nSPS) is 10.8. The molecule has 0 saturated carbocycles. The Kier molecular flexibility index (Phi) is 3.94. The van der Waals surface area contributed by atoms with Crippen molar-refractivity contribution in [3.05, 3.63) is 38.4 Å². The van der Waals surface area contributed by atoms with Crippen LogP contribution in [-0.4, -0.2) is 35.6 Å². The highest BCUT2D eigenvalue weighted by Crippen LogP contribution is 2.23. The summed E-state index contributed by atoms with van der Waals surface area (Å²) in [7, 11) is 1.69. The van der Waals surface area contributed by atoms with Crippen molar-refractivity contribution in [2.75, 3.05) is 0 Å². The minimum atomic E-state index is -1.45. The van der Waals surface area contributed by atoms with Crippen molar-refractivity contribution in [2.45, 2.75) is 19.9 Å². The van der Waals surface area contributed by atoms with E-state index in [0.717, 1.165) is 6.20 Å². The van der Waals surface area contributed by atoms with Crippen molar-refractivity contribution in [2.24, 2.45) is 7.05 Å². The van der Waals surface area contributed by atoms with Gasteiger partial charge in [0.05, 0.1) is 27.9 Å². The molecule has 0 radical (unpaired) electrons. The van der Waals surface area contributed by atoms with Gasteiger partial charge in [0.25, 0.3) is 0 Å². The Morgan fingerprint density at radius 2 is 2.19 bits per heavy atom. The van der Waals surface area contributed by atoms with Crippen LogP contribution >= 0.6 is 11.6 Å². The molecule has 1 N–H and O–H groups in total. The topological polar surface area (TPSA) is 116 Å². The second-order valence-corrected chi connectivity index (χ2v) is 4.69. The largest absolute Gasteiger partial charge is 0.476 e. The van der Waals surface area contributed by atoms with Gasteiger partial charge in [0.1, 0.15) is 6.20 Å². The zero-order chi connectivity index (χ0) is 15.7. The number of carboxylic acids is 1. The number of carbonyl (C=O) groups is 1. The zero-order valence-corrected chi connectivity index (χ0v) is 12.0. The fourth-order valence-corrected chi connectivity index (χ4v) is 2.28. The van der Waals surface area contributed by atoms with Crippen LogP contribution in [0.25, 0.3) is 0 Å². The lowest BCUT2D eigenvalue weighted by atomic mass is 10.3. The van der Waals surface area contributed by atoms with Crippen molar-refractivity contribution in [1.29, 1.82) is 0 Å². The molecule has 2 heterocycles. The van der Waals surface area contributed by atoms with E-state index in [1.165, 1.54) is 4.68 Å². The summed E-state index contributed by atoms with van der Waals surface area (Å²) >= 11 is 6.18. The van der Waals surface area contributed by atoms with Crippen LogP contribution < -0.4 is 0 Å². The zero-order valence-electron chi connectivity index (χ0n) is 11.3. The molecule has 0 amide bonds. The second-order valence-electron chi connectivity index (χ2n) is 4.31. The molecule has 2 aromatic rings. The van der Waals surface area contributed by atoms with Crippen molar-refractivity contribution in [3.63, 3.8) is 0 Å². The van der Waals surface area contributed by atoms with Crippen LogP contribution in [0.1, 0.15) is 28.8 Å². The number of aromatic carboxylic acids is 1. The van der Waals surface area contributed by atoms with Gasteiger partial charge in [-0.15, -0.1) is 0 Å². The van der Waals surface area contributed by atoms with Gasteiger partial charge < -0.3 is 5.11 Å². The summed E-state index contributed by atoms with van der Waals surface area (Å²) in [6.07, 6.45) is 1.71.